The second-order valence-corrected chi connectivity index (χ2v) is 8.08. The smallest absolute Gasteiger partial charge is 0.320 e. The summed E-state index contributed by atoms with van der Waals surface area (Å²) < 4.78 is 5.32. The number of rotatable bonds is 3. The Kier molecular flexibility index (Phi) is 6.84. The van der Waals surface area contributed by atoms with Crippen molar-refractivity contribution in [1.82, 2.24) is 30.3 Å². The van der Waals surface area contributed by atoms with Gasteiger partial charge in [0.2, 0.25) is 11.8 Å². The molecule has 0 unspecified atom stereocenters. The van der Waals surface area contributed by atoms with Crippen LogP contribution in [0.3, 0.4) is 0 Å². The number of hydrogen-bond acceptors (Lipinski definition) is 6. The lowest BCUT2D eigenvalue weighted by Gasteiger charge is -2.43. The molecule has 0 bridgehead atoms. The molecule has 11 nitrogen and oxygen atoms in total. The Balaban J connectivity index is 1.51. The van der Waals surface area contributed by atoms with Gasteiger partial charge in [0.1, 0.15) is 12.1 Å². The first-order valence-corrected chi connectivity index (χ1v) is 11.0. The molecule has 3 aliphatic heterocycles. The molecule has 0 aromatic carbocycles. The lowest BCUT2D eigenvalue weighted by Crippen LogP contribution is -2.65. The van der Waals surface area contributed by atoms with Gasteiger partial charge in [-0.25, -0.2) is 4.79 Å². The average molecular weight is 444 g/mol. The molecular formula is C21H28N6O5. The minimum atomic E-state index is -0.906. The van der Waals surface area contributed by atoms with Crippen LogP contribution in [-0.4, -0.2) is 108 Å². The van der Waals surface area contributed by atoms with E-state index in [1.165, 1.54) is 11.1 Å². The summed E-state index contributed by atoms with van der Waals surface area (Å²) >= 11 is 0. The van der Waals surface area contributed by atoms with Gasteiger partial charge in [0.05, 0.1) is 25.3 Å². The van der Waals surface area contributed by atoms with Crippen LogP contribution in [0.15, 0.2) is 24.5 Å². The lowest BCUT2D eigenvalue weighted by molar-refractivity contribution is -0.133. The second-order valence-electron chi connectivity index (χ2n) is 8.08. The molecule has 3 fully saturated rings. The van der Waals surface area contributed by atoms with E-state index in [0.29, 0.717) is 51.4 Å². The van der Waals surface area contributed by atoms with E-state index in [1.54, 1.807) is 28.1 Å². The van der Waals surface area contributed by atoms with Crippen LogP contribution in [0.2, 0.25) is 0 Å². The van der Waals surface area contributed by atoms with Gasteiger partial charge < -0.3 is 30.1 Å². The highest BCUT2D eigenvalue weighted by Gasteiger charge is 2.40. The Morgan fingerprint density at radius 1 is 1.12 bits per heavy atom. The van der Waals surface area contributed by atoms with Gasteiger partial charge in [-0.05, 0) is 25.0 Å². The lowest BCUT2D eigenvalue weighted by atomic mass is 10.0. The van der Waals surface area contributed by atoms with E-state index in [4.69, 9.17) is 4.74 Å². The van der Waals surface area contributed by atoms with Gasteiger partial charge in [-0.1, -0.05) is 0 Å². The zero-order chi connectivity index (χ0) is 22.5. The van der Waals surface area contributed by atoms with E-state index >= 15 is 0 Å². The quantitative estimate of drug-likeness (QED) is 0.620. The number of aromatic nitrogens is 1. The van der Waals surface area contributed by atoms with Crippen molar-refractivity contribution >= 4 is 23.8 Å². The molecule has 4 rings (SSSR count). The van der Waals surface area contributed by atoms with Crippen molar-refractivity contribution in [2.24, 2.45) is 0 Å². The van der Waals surface area contributed by atoms with Crippen LogP contribution in [0.5, 0.6) is 0 Å². The Labute approximate surface area is 186 Å². The maximum atomic E-state index is 13.2. The maximum absolute atomic E-state index is 13.2. The van der Waals surface area contributed by atoms with Crippen LogP contribution in [-0.2, 0) is 14.3 Å². The Morgan fingerprint density at radius 2 is 1.94 bits per heavy atom. The van der Waals surface area contributed by atoms with Crippen molar-refractivity contribution in [2.75, 3.05) is 52.5 Å². The molecule has 32 heavy (non-hydrogen) atoms. The number of pyridine rings is 1. The standard InChI is InChI=1S/C21H28N6O5/c28-18-16(4-2-6-23-18)24-19(29)17-14-26(21(31)25-9-11-32-12-10-25)7-8-27(17)20(30)15-3-1-5-22-13-15/h1,3,5,13,16-17H,2,4,6-12,14H2,(H,23,28)(H,24,29)/t16-,17+/m0/s1. The number of piperidine rings is 1. The van der Waals surface area contributed by atoms with Gasteiger partial charge in [0, 0.05) is 45.1 Å². The van der Waals surface area contributed by atoms with E-state index < -0.39 is 18.0 Å². The maximum Gasteiger partial charge on any atom is 0.320 e. The second kappa shape index (κ2) is 9.94. The molecule has 0 saturated carbocycles. The summed E-state index contributed by atoms with van der Waals surface area (Å²) in [5.41, 5.74) is 0.369. The molecule has 3 aliphatic rings. The van der Waals surface area contributed by atoms with Crippen molar-refractivity contribution in [3.63, 3.8) is 0 Å². The summed E-state index contributed by atoms with van der Waals surface area (Å²) in [6, 6.07) is 1.58. The van der Waals surface area contributed by atoms with Gasteiger partial charge in [-0.3, -0.25) is 19.4 Å². The normalized spacial score (nSPS) is 24.0. The molecule has 1 aromatic rings. The molecule has 0 radical (unpaired) electrons. The molecule has 11 heteroatoms. The van der Waals surface area contributed by atoms with Crippen molar-refractivity contribution in [3.8, 4) is 0 Å². The van der Waals surface area contributed by atoms with E-state index in [0.717, 1.165) is 6.42 Å². The third-order valence-electron chi connectivity index (χ3n) is 6.01. The fraction of sp³-hybridized carbons (Fsp3) is 0.571. The topological polar surface area (TPSA) is 124 Å². The monoisotopic (exact) mass is 444 g/mol. The summed E-state index contributed by atoms with van der Waals surface area (Å²) in [4.78, 5) is 60.3. The molecule has 2 N–H and O–H groups in total. The summed E-state index contributed by atoms with van der Waals surface area (Å²) in [5, 5.41) is 5.53. The number of ether oxygens (including phenoxy) is 1. The predicted molar refractivity (Wildman–Crippen MR) is 113 cm³/mol. The summed E-state index contributed by atoms with van der Waals surface area (Å²) in [6.45, 7) is 3.11. The number of nitrogens with zero attached hydrogens (tertiary/aromatic N) is 4. The molecule has 3 saturated heterocycles. The first-order valence-electron chi connectivity index (χ1n) is 11.0. The SMILES string of the molecule is O=C1NCCC[C@@H]1NC(=O)[C@H]1CN(C(=O)N2CCOCC2)CCN1C(=O)c1cccnc1. The van der Waals surface area contributed by atoms with Crippen LogP contribution in [0.1, 0.15) is 23.2 Å². The highest BCUT2D eigenvalue weighted by Crippen LogP contribution is 2.17. The van der Waals surface area contributed by atoms with E-state index in [2.05, 4.69) is 15.6 Å². The summed E-state index contributed by atoms with van der Waals surface area (Å²) in [6.07, 6.45) is 4.33. The minimum Gasteiger partial charge on any atom is -0.378 e. The van der Waals surface area contributed by atoms with E-state index in [-0.39, 0.29) is 30.9 Å². The third kappa shape index (κ3) is 4.82. The fourth-order valence-corrected chi connectivity index (χ4v) is 4.21. The number of hydrogen-bond donors (Lipinski definition) is 2. The van der Waals surface area contributed by atoms with Crippen molar-refractivity contribution in [3.05, 3.63) is 30.1 Å². The number of carbonyl (C=O) groups is 4. The van der Waals surface area contributed by atoms with Crippen LogP contribution in [0.25, 0.3) is 0 Å². The van der Waals surface area contributed by atoms with Crippen LogP contribution < -0.4 is 10.6 Å². The predicted octanol–water partition coefficient (Wildman–Crippen LogP) is -0.945. The molecular weight excluding hydrogens is 416 g/mol. The molecule has 5 amide bonds. The van der Waals surface area contributed by atoms with Crippen LogP contribution in [0, 0.1) is 0 Å². The van der Waals surface area contributed by atoms with E-state index in [1.807, 2.05) is 0 Å². The zero-order valence-electron chi connectivity index (χ0n) is 17.9. The highest BCUT2D eigenvalue weighted by atomic mass is 16.5. The summed E-state index contributed by atoms with van der Waals surface area (Å²) in [7, 11) is 0. The van der Waals surface area contributed by atoms with Crippen LogP contribution in [0.4, 0.5) is 4.79 Å². The molecule has 2 atom stereocenters. The molecule has 1 aromatic heterocycles. The number of carbonyl (C=O) groups excluding carboxylic acids is 4. The molecule has 172 valence electrons. The Bertz CT molecular complexity index is 859. The van der Waals surface area contributed by atoms with E-state index in [9.17, 15) is 19.2 Å². The Hall–Kier alpha value is -3.21. The molecule has 0 spiro atoms. The number of urea groups is 1. The number of morpholine rings is 1. The van der Waals surface area contributed by atoms with Gasteiger partial charge >= 0.3 is 6.03 Å². The molecule has 0 aliphatic carbocycles. The van der Waals surface area contributed by atoms with Gasteiger partial charge in [-0.15, -0.1) is 0 Å². The fourth-order valence-electron chi connectivity index (χ4n) is 4.21. The number of amides is 5. The van der Waals surface area contributed by atoms with Gasteiger partial charge in [-0.2, -0.15) is 0 Å². The summed E-state index contributed by atoms with van der Waals surface area (Å²) in [5.74, 6) is -1.000. The zero-order valence-corrected chi connectivity index (χ0v) is 17.9. The minimum absolute atomic E-state index is 0.0579. The van der Waals surface area contributed by atoms with Gasteiger partial charge in [0.15, 0.2) is 0 Å². The largest absolute Gasteiger partial charge is 0.378 e. The van der Waals surface area contributed by atoms with Crippen molar-refractivity contribution < 1.29 is 23.9 Å². The Morgan fingerprint density at radius 3 is 2.66 bits per heavy atom. The van der Waals surface area contributed by atoms with Crippen LogP contribution >= 0.6 is 0 Å². The van der Waals surface area contributed by atoms with Crippen molar-refractivity contribution in [1.29, 1.82) is 0 Å². The first-order chi connectivity index (χ1) is 15.5. The number of piperazine rings is 1. The highest BCUT2D eigenvalue weighted by molar-refractivity contribution is 5.98. The van der Waals surface area contributed by atoms with Crippen molar-refractivity contribution in [2.45, 2.75) is 24.9 Å². The first kappa shape index (κ1) is 22.0. The van der Waals surface area contributed by atoms with Gasteiger partial charge in [0.25, 0.3) is 5.91 Å². The third-order valence-corrected chi connectivity index (χ3v) is 6.01. The average Bonchev–Trinajstić information content (AvgIpc) is 2.85. The molecule has 4 heterocycles. The number of nitrogens with one attached hydrogen (secondary N) is 2.